The highest BCUT2D eigenvalue weighted by atomic mass is 79.9. The molecule has 3 heteroatoms. The van der Waals surface area contributed by atoms with Gasteiger partial charge in [0, 0.05) is 5.41 Å². The third-order valence-corrected chi connectivity index (χ3v) is 6.52. The Morgan fingerprint density at radius 1 is 1.17 bits per heavy atom. The Labute approximate surface area is 116 Å². The van der Waals surface area contributed by atoms with Gasteiger partial charge in [-0.05, 0) is 57.8 Å². The maximum atomic E-state index is 14.5. The van der Waals surface area contributed by atoms with E-state index in [0.717, 1.165) is 44.9 Å². The van der Waals surface area contributed by atoms with E-state index in [0.29, 0.717) is 5.92 Å². The van der Waals surface area contributed by atoms with Gasteiger partial charge in [0.1, 0.15) is 11.7 Å². The van der Waals surface area contributed by atoms with E-state index in [9.17, 15) is 8.78 Å². The predicted octanol–water partition coefficient (Wildman–Crippen LogP) is 5.59. The molecule has 0 aliphatic heterocycles. The van der Waals surface area contributed by atoms with Crippen molar-refractivity contribution >= 4 is 15.9 Å². The maximum Gasteiger partial charge on any atom is 0.149 e. The van der Waals surface area contributed by atoms with Crippen LogP contribution in [-0.2, 0) is 0 Å². The van der Waals surface area contributed by atoms with Crippen molar-refractivity contribution in [1.82, 2.24) is 0 Å². The summed E-state index contributed by atoms with van der Waals surface area (Å²) in [5.41, 5.74) is 0.908. The highest BCUT2D eigenvalue weighted by molar-refractivity contribution is 9.10. The lowest BCUT2D eigenvalue weighted by atomic mass is 9.56. The van der Waals surface area contributed by atoms with Crippen LogP contribution in [0.4, 0.5) is 8.78 Å². The van der Waals surface area contributed by atoms with Crippen molar-refractivity contribution in [1.29, 1.82) is 0 Å². The van der Waals surface area contributed by atoms with Gasteiger partial charge in [-0.2, -0.15) is 0 Å². The van der Waals surface area contributed by atoms with Gasteiger partial charge in [0.2, 0.25) is 0 Å². The Bertz CT molecular complexity index is 428. The standard InChI is InChI=1S/C15H19BrF2/c1-10-2-4-11(5-3-10)14-6-8-15(16,9-7-14)13(18)12(14)17/h2,11H,3-9H2,1H3. The molecule has 0 radical (unpaired) electrons. The van der Waals surface area contributed by atoms with Crippen LogP contribution in [0.25, 0.3) is 0 Å². The minimum atomic E-state index is -0.681. The number of hydrogen-bond donors (Lipinski definition) is 0. The fraction of sp³-hybridized carbons (Fsp3) is 0.733. The molecule has 1 unspecified atom stereocenters. The molecular formula is C15H19BrF2. The molecule has 0 amide bonds. The van der Waals surface area contributed by atoms with E-state index in [-0.39, 0.29) is 0 Å². The van der Waals surface area contributed by atoms with Gasteiger partial charge in [-0.1, -0.05) is 27.6 Å². The van der Waals surface area contributed by atoms with Crippen LogP contribution in [0.2, 0.25) is 0 Å². The molecule has 1 fully saturated rings. The lowest BCUT2D eigenvalue weighted by Gasteiger charge is -2.52. The first-order valence-electron chi connectivity index (χ1n) is 6.89. The van der Waals surface area contributed by atoms with E-state index < -0.39 is 21.4 Å². The van der Waals surface area contributed by atoms with Gasteiger partial charge in [-0.3, -0.25) is 0 Å². The molecule has 4 aliphatic carbocycles. The van der Waals surface area contributed by atoms with Gasteiger partial charge >= 0.3 is 0 Å². The summed E-state index contributed by atoms with van der Waals surface area (Å²) < 4.78 is 28.0. The molecule has 0 heterocycles. The molecule has 100 valence electrons. The summed E-state index contributed by atoms with van der Waals surface area (Å²) >= 11 is 3.41. The summed E-state index contributed by atoms with van der Waals surface area (Å²) in [6.07, 6.45) is 8.28. The summed E-state index contributed by atoms with van der Waals surface area (Å²) in [6.45, 7) is 2.13. The molecule has 4 aliphatic rings. The molecule has 0 N–H and O–H groups in total. The third kappa shape index (κ3) is 1.65. The SMILES string of the molecule is CC1=CCC(C23CCC(Br)(CC2)C(F)=C3F)CC1. The fourth-order valence-electron chi connectivity index (χ4n) is 4.00. The summed E-state index contributed by atoms with van der Waals surface area (Å²) in [5, 5.41) is 0. The molecule has 2 bridgehead atoms. The van der Waals surface area contributed by atoms with Crippen molar-refractivity contribution in [2.75, 3.05) is 0 Å². The Kier molecular flexibility index (Phi) is 2.96. The number of fused-ring (bicyclic) bond motifs is 2. The third-order valence-electron chi connectivity index (χ3n) is 5.38. The van der Waals surface area contributed by atoms with Gasteiger partial charge in [0.25, 0.3) is 0 Å². The number of hydrogen-bond acceptors (Lipinski definition) is 0. The smallest absolute Gasteiger partial charge is 0.149 e. The first-order valence-corrected chi connectivity index (χ1v) is 7.68. The molecular weight excluding hydrogens is 298 g/mol. The van der Waals surface area contributed by atoms with Crippen LogP contribution < -0.4 is 0 Å². The number of allylic oxidation sites excluding steroid dienone is 4. The number of halogens is 3. The van der Waals surface area contributed by atoms with Crippen LogP contribution in [0.5, 0.6) is 0 Å². The van der Waals surface area contributed by atoms with Crippen molar-refractivity contribution in [2.24, 2.45) is 11.3 Å². The van der Waals surface area contributed by atoms with Crippen LogP contribution in [0, 0.1) is 11.3 Å². The summed E-state index contributed by atoms with van der Waals surface area (Å²) in [4.78, 5) is 0. The van der Waals surface area contributed by atoms with E-state index in [1.807, 2.05) is 0 Å². The van der Waals surface area contributed by atoms with Crippen molar-refractivity contribution in [3.63, 3.8) is 0 Å². The van der Waals surface area contributed by atoms with E-state index in [1.165, 1.54) is 5.57 Å². The van der Waals surface area contributed by atoms with E-state index in [4.69, 9.17) is 0 Å². The lowest BCUT2D eigenvalue weighted by molar-refractivity contribution is 0.0581. The average Bonchev–Trinajstić information content (AvgIpc) is 2.38. The second kappa shape index (κ2) is 4.16. The first-order chi connectivity index (χ1) is 8.48. The van der Waals surface area contributed by atoms with Crippen molar-refractivity contribution in [3.05, 3.63) is 23.3 Å². The molecule has 0 aromatic carbocycles. The van der Waals surface area contributed by atoms with Gasteiger partial charge in [0.15, 0.2) is 0 Å². The molecule has 0 nitrogen and oxygen atoms in total. The van der Waals surface area contributed by atoms with Crippen LogP contribution in [-0.4, -0.2) is 4.32 Å². The van der Waals surface area contributed by atoms with E-state index in [1.54, 1.807) is 0 Å². The van der Waals surface area contributed by atoms with E-state index >= 15 is 0 Å². The minimum Gasteiger partial charge on any atom is -0.208 e. The largest absolute Gasteiger partial charge is 0.208 e. The second-order valence-corrected chi connectivity index (χ2v) is 7.79. The number of alkyl halides is 1. The maximum absolute atomic E-state index is 14.5. The van der Waals surface area contributed by atoms with Gasteiger partial charge < -0.3 is 0 Å². The summed E-state index contributed by atoms with van der Waals surface area (Å²) in [6, 6.07) is 0. The average molecular weight is 317 g/mol. The molecule has 0 saturated heterocycles. The Morgan fingerprint density at radius 3 is 2.39 bits per heavy atom. The zero-order valence-electron chi connectivity index (χ0n) is 10.7. The van der Waals surface area contributed by atoms with Crippen molar-refractivity contribution in [3.8, 4) is 0 Å². The molecule has 1 atom stereocenters. The summed E-state index contributed by atoms with van der Waals surface area (Å²) in [5.74, 6) is -0.648. The monoisotopic (exact) mass is 316 g/mol. The zero-order chi connectivity index (χ0) is 13.0. The van der Waals surface area contributed by atoms with Gasteiger partial charge in [-0.25, -0.2) is 8.78 Å². The molecule has 0 spiro atoms. The van der Waals surface area contributed by atoms with Crippen LogP contribution in [0.15, 0.2) is 23.3 Å². The second-order valence-electron chi connectivity index (χ2n) is 6.27. The molecule has 4 rings (SSSR count). The van der Waals surface area contributed by atoms with Crippen LogP contribution in [0.1, 0.15) is 51.9 Å². The van der Waals surface area contributed by atoms with Crippen LogP contribution >= 0.6 is 15.9 Å². The lowest BCUT2D eigenvalue weighted by Crippen LogP contribution is -2.47. The zero-order valence-corrected chi connectivity index (χ0v) is 12.3. The fourth-order valence-corrected chi connectivity index (χ4v) is 4.57. The van der Waals surface area contributed by atoms with Gasteiger partial charge in [0.05, 0.1) is 4.32 Å². The van der Waals surface area contributed by atoms with Gasteiger partial charge in [-0.15, -0.1) is 0 Å². The van der Waals surface area contributed by atoms with Crippen molar-refractivity contribution in [2.45, 2.75) is 56.2 Å². The Morgan fingerprint density at radius 2 is 1.83 bits per heavy atom. The summed E-state index contributed by atoms with van der Waals surface area (Å²) in [7, 11) is 0. The quantitative estimate of drug-likeness (QED) is 0.437. The Hall–Kier alpha value is -0.180. The highest BCUT2D eigenvalue weighted by Crippen LogP contribution is 2.64. The Balaban J connectivity index is 1.96. The minimum absolute atomic E-state index is 0.296. The molecule has 0 aromatic rings. The molecule has 18 heavy (non-hydrogen) atoms. The normalized spacial score (nSPS) is 44.2. The van der Waals surface area contributed by atoms with E-state index in [2.05, 4.69) is 28.9 Å². The van der Waals surface area contributed by atoms with Crippen molar-refractivity contribution < 1.29 is 8.78 Å². The number of rotatable bonds is 1. The predicted molar refractivity (Wildman–Crippen MR) is 72.9 cm³/mol. The molecule has 0 aromatic heterocycles. The first kappa shape index (κ1) is 12.8. The topological polar surface area (TPSA) is 0 Å². The van der Waals surface area contributed by atoms with Crippen LogP contribution in [0.3, 0.4) is 0 Å². The molecule has 1 saturated carbocycles. The highest BCUT2D eigenvalue weighted by Gasteiger charge is 2.57.